The zero-order chi connectivity index (χ0) is 22.4. The van der Waals surface area contributed by atoms with Crippen LogP contribution in [0, 0.1) is 0 Å². The molecule has 0 radical (unpaired) electrons. The molecule has 0 amide bonds. The molecule has 1 unspecified atom stereocenters. The van der Waals surface area contributed by atoms with Crippen molar-refractivity contribution in [2.75, 3.05) is 26.8 Å². The average Bonchev–Trinajstić information content (AvgIpc) is 3.17. The molecule has 3 rings (SSSR count). The number of aryl methyl sites for hydroxylation is 1. The fourth-order valence-electron chi connectivity index (χ4n) is 4.02. The van der Waals surface area contributed by atoms with Crippen LogP contribution in [0.4, 0.5) is 13.2 Å². The van der Waals surface area contributed by atoms with Crippen molar-refractivity contribution in [3.63, 3.8) is 0 Å². The molecule has 1 N–H and O–H groups in total. The van der Waals surface area contributed by atoms with E-state index < -0.39 is 17.7 Å². The van der Waals surface area contributed by atoms with Crippen LogP contribution in [0.1, 0.15) is 40.3 Å². The molecular weight excluding hydrogens is 407 g/mol. The number of methoxy groups -OCH3 is 1. The molecule has 0 spiro atoms. The molecule has 1 atom stereocenters. The molecule has 0 aromatic heterocycles. The Balaban J connectivity index is 1.69. The number of ether oxygens (including phenoxy) is 1. The number of esters is 1. The first kappa shape index (κ1) is 23.0. The molecule has 2 aromatic rings. The van der Waals surface area contributed by atoms with Crippen molar-refractivity contribution in [1.82, 2.24) is 4.90 Å². The zero-order valence-electron chi connectivity index (χ0n) is 17.4. The average molecular weight is 433 g/mol. The lowest BCUT2D eigenvalue weighted by Gasteiger charge is -2.29. The second kappa shape index (κ2) is 10.1. The molecule has 7 heteroatoms. The number of fused-ring (bicyclic) bond motifs is 1. The summed E-state index contributed by atoms with van der Waals surface area (Å²) in [6, 6.07) is 11.5. The predicted molar refractivity (Wildman–Crippen MR) is 112 cm³/mol. The van der Waals surface area contributed by atoms with Crippen molar-refractivity contribution in [3.05, 3.63) is 76.4 Å². The Hall–Kier alpha value is -2.64. The quantitative estimate of drug-likeness (QED) is 0.495. The minimum absolute atomic E-state index is 0.0127. The van der Waals surface area contributed by atoms with Crippen LogP contribution in [-0.2, 0) is 28.5 Å². The van der Waals surface area contributed by atoms with Crippen LogP contribution in [0.3, 0.4) is 0 Å². The Bertz CT molecular complexity index is 923. The third kappa shape index (κ3) is 5.95. The number of nitrogens with zero attached hydrogens (tertiary/aromatic N) is 1. The lowest BCUT2D eigenvalue weighted by molar-refractivity contribution is -0.137. The molecule has 1 aliphatic carbocycles. The number of benzene rings is 2. The van der Waals surface area contributed by atoms with Gasteiger partial charge in [-0.3, -0.25) is 4.90 Å². The number of aliphatic hydroxyl groups excluding tert-OH is 1. The van der Waals surface area contributed by atoms with Crippen LogP contribution in [0.25, 0.3) is 6.08 Å². The molecule has 166 valence electrons. The van der Waals surface area contributed by atoms with E-state index >= 15 is 0 Å². The van der Waals surface area contributed by atoms with Gasteiger partial charge in [-0.1, -0.05) is 30.3 Å². The molecular formula is C24H26F3NO3. The molecule has 0 heterocycles. The fraction of sp³-hybridized carbons (Fsp3) is 0.375. The Morgan fingerprint density at radius 2 is 1.94 bits per heavy atom. The fourth-order valence-corrected chi connectivity index (χ4v) is 4.02. The molecule has 31 heavy (non-hydrogen) atoms. The maximum absolute atomic E-state index is 12.8. The van der Waals surface area contributed by atoms with E-state index in [2.05, 4.69) is 15.7 Å². The van der Waals surface area contributed by atoms with Gasteiger partial charge in [0.05, 0.1) is 19.3 Å². The van der Waals surface area contributed by atoms with Gasteiger partial charge < -0.3 is 9.84 Å². The maximum Gasteiger partial charge on any atom is 0.416 e. The van der Waals surface area contributed by atoms with Gasteiger partial charge in [0.1, 0.15) is 0 Å². The van der Waals surface area contributed by atoms with Crippen molar-refractivity contribution in [2.24, 2.45) is 0 Å². The largest absolute Gasteiger partial charge is 0.466 e. The van der Waals surface area contributed by atoms with E-state index in [1.165, 1.54) is 36.4 Å². The molecule has 1 aliphatic rings. The van der Waals surface area contributed by atoms with Crippen molar-refractivity contribution in [1.29, 1.82) is 0 Å². The van der Waals surface area contributed by atoms with E-state index in [0.717, 1.165) is 36.1 Å². The molecule has 0 saturated heterocycles. The van der Waals surface area contributed by atoms with Gasteiger partial charge in [0.2, 0.25) is 0 Å². The number of carbonyl (C=O) groups excluding carboxylic acids is 1. The van der Waals surface area contributed by atoms with E-state index in [-0.39, 0.29) is 12.6 Å². The summed E-state index contributed by atoms with van der Waals surface area (Å²) in [5, 5.41) is 9.54. The van der Waals surface area contributed by atoms with Gasteiger partial charge in [-0.05, 0) is 59.7 Å². The van der Waals surface area contributed by atoms with Crippen LogP contribution in [0.5, 0.6) is 0 Å². The highest BCUT2D eigenvalue weighted by atomic mass is 19.4. The number of hydrogen-bond acceptors (Lipinski definition) is 4. The topological polar surface area (TPSA) is 49.8 Å². The van der Waals surface area contributed by atoms with Crippen LogP contribution in [0.15, 0.2) is 48.5 Å². The van der Waals surface area contributed by atoms with Crippen molar-refractivity contribution in [3.8, 4) is 0 Å². The molecule has 4 nitrogen and oxygen atoms in total. The number of hydrogen-bond donors (Lipinski definition) is 1. The first-order chi connectivity index (χ1) is 14.8. The van der Waals surface area contributed by atoms with Gasteiger partial charge in [-0.15, -0.1) is 0 Å². The van der Waals surface area contributed by atoms with E-state index in [9.17, 15) is 23.1 Å². The number of alkyl halides is 3. The molecule has 0 fully saturated rings. The number of carbonyl (C=O) groups is 1. The summed E-state index contributed by atoms with van der Waals surface area (Å²) >= 11 is 0. The summed E-state index contributed by atoms with van der Waals surface area (Å²) in [6.07, 6.45) is 1.17. The Labute approximate surface area is 179 Å². The minimum Gasteiger partial charge on any atom is -0.466 e. The van der Waals surface area contributed by atoms with E-state index in [1.54, 1.807) is 6.08 Å². The Kier molecular flexibility index (Phi) is 7.51. The summed E-state index contributed by atoms with van der Waals surface area (Å²) in [5.41, 5.74) is 3.50. The van der Waals surface area contributed by atoms with E-state index in [4.69, 9.17) is 0 Å². The van der Waals surface area contributed by atoms with Gasteiger partial charge in [0.15, 0.2) is 0 Å². The molecule has 2 aromatic carbocycles. The van der Waals surface area contributed by atoms with Crippen LogP contribution < -0.4 is 0 Å². The number of halogens is 3. The number of rotatable bonds is 8. The lowest BCUT2D eigenvalue weighted by atomic mass is 10.0. The van der Waals surface area contributed by atoms with E-state index in [1.807, 2.05) is 12.1 Å². The van der Waals surface area contributed by atoms with Gasteiger partial charge >= 0.3 is 12.1 Å². The van der Waals surface area contributed by atoms with Crippen LogP contribution in [-0.4, -0.2) is 42.8 Å². The Morgan fingerprint density at radius 3 is 2.58 bits per heavy atom. The third-order valence-electron chi connectivity index (χ3n) is 5.62. The second-order valence-electron chi connectivity index (χ2n) is 7.57. The molecule has 0 saturated carbocycles. The van der Waals surface area contributed by atoms with Gasteiger partial charge in [0.25, 0.3) is 0 Å². The standard InChI is InChI=1S/C24H26F3NO3/c1-31-23(30)11-5-18-4-9-21-19(16-18)6-10-22(21)28(14-15-29)13-12-17-2-7-20(8-3-17)24(25,26)27/h2-5,7-9,11,16,22,29H,6,10,12-15H2,1H3/b11-5+. The van der Waals surface area contributed by atoms with Gasteiger partial charge in [0, 0.05) is 25.2 Å². The van der Waals surface area contributed by atoms with Crippen LogP contribution >= 0.6 is 0 Å². The maximum atomic E-state index is 12.8. The second-order valence-corrected chi connectivity index (χ2v) is 7.57. The first-order valence-electron chi connectivity index (χ1n) is 10.2. The summed E-state index contributed by atoms with van der Waals surface area (Å²) in [7, 11) is 1.33. The Morgan fingerprint density at radius 1 is 1.19 bits per heavy atom. The minimum atomic E-state index is -4.33. The highest BCUT2D eigenvalue weighted by Gasteiger charge is 2.30. The lowest BCUT2D eigenvalue weighted by Crippen LogP contribution is -2.32. The highest BCUT2D eigenvalue weighted by molar-refractivity contribution is 5.86. The van der Waals surface area contributed by atoms with Gasteiger partial charge in [-0.2, -0.15) is 13.2 Å². The third-order valence-corrected chi connectivity index (χ3v) is 5.62. The smallest absolute Gasteiger partial charge is 0.416 e. The zero-order valence-corrected chi connectivity index (χ0v) is 17.4. The highest BCUT2D eigenvalue weighted by Crippen LogP contribution is 2.36. The normalized spacial score (nSPS) is 16.1. The number of aliphatic hydroxyl groups is 1. The monoisotopic (exact) mass is 433 g/mol. The van der Waals surface area contributed by atoms with Crippen LogP contribution in [0.2, 0.25) is 0 Å². The van der Waals surface area contributed by atoms with Crippen molar-refractivity contribution < 1.29 is 27.8 Å². The summed E-state index contributed by atoms with van der Waals surface area (Å²) in [5.74, 6) is -0.407. The van der Waals surface area contributed by atoms with Crippen molar-refractivity contribution >= 4 is 12.0 Å². The van der Waals surface area contributed by atoms with Crippen molar-refractivity contribution in [2.45, 2.75) is 31.5 Å². The predicted octanol–water partition coefficient (Wildman–Crippen LogP) is 4.42. The van der Waals surface area contributed by atoms with Gasteiger partial charge in [-0.25, -0.2) is 4.79 Å². The summed E-state index contributed by atoms with van der Waals surface area (Å²) < 4.78 is 42.9. The molecule has 0 bridgehead atoms. The SMILES string of the molecule is COC(=O)/C=C/c1ccc2c(c1)CCC2N(CCO)CCc1ccc(C(F)(F)F)cc1. The summed E-state index contributed by atoms with van der Waals surface area (Å²) in [6.45, 7) is 1.15. The first-order valence-corrected chi connectivity index (χ1v) is 10.2. The van der Waals surface area contributed by atoms with E-state index in [0.29, 0.717) is 19.5 Å². The summed E-state index contributed by atoms with van der Waals surface area (Å²) in [4.78, 5) is 13.5. The molecule has 0 aliphatic heterocycles.